The van der Waals surface area contributed by atoms with Gasteiger partial charge in [-0.2, -0.15) is 21.9 Å². The number of halogens is 8. The minimum atomic E-state index is -3.62. The Bertz CT molecular complexity index is 1600. The lowest BCUT2D eigenvalue weighted by molar-refractivity contribution is -0.967. The summed E-state index contributed by atoms with van der Waals surface area (Å²) in [6, 6.07) is 8.36. The number of aryl methyl sites for hydroxylation is 4. The van der Waals surface area contributed by atoms with Crippen molar-refractivity contribution in [2.75, 3.05) is 0 Å². The third kappa shape index (κ3) is 7.65. The zero-order valence-corrected chi connectivity index (χ0v) is 30.0. The minimum absolute atomic E-state index is 0.139. The SMILES string of the molecule is CC(C)[NH+](C(C)C)C1CCCCC1.Cc1cc([B-](c2cc(C)c(F)cc2F)(c2cc(C)c(F)cc2F)c2cc(C)c(F)cc2F)c(F)cc1F. The molecule has 4 aromatic carbocycles. The molecule has 1 fully saturated rings. The first-order valence-electron chi connectivity index (χ1n) is 17.3. The largest absolute Gasteiger partial charge is 0.329 e. The van der Waals surface area contributed by atoms with Gasteiger partial charge in [-0.05, 0) is 103 Å². The van der Waals surface area contributed by atoms with Gasteiger partial charge in [-0.25, -0.2) is 35.1 Å². The highest BCUT2D eigenvalue weighted by Crippen LogP contribution is 2.23. The molecule has 1 saturated carbocycles. The summed E-state index contributed by atoms with van der Waals surface area (Å²) in [4.78, 5) is 1.83. The van der Waals surface area contributed by atoms with Crippen LogP contribution >= 0.6 is 0 Å². The summed E-state index contributed by atoms with van der Waals surface area (Å²) < 4.78 is 120. The maximum atomic E-state index is 15.7. The molecule has 0 spiro atoms. The maximum absolute atomic E-state index is 15.7. The van der Waals surface area contributed by atoms with Gasteiger partial charge in [0.2, 0.25) is 0 Å². The van der Waals surface area contributed by atoms with Crippen LogP contribution in [0.3, 0.4) is 0 Å². The molecule has 50 heavy (non-hydrogen) atoms. The topological polar surface area (TPSA) is 4.44 Å². The molecule has 1 N–H and O–H groups in total. The third-order valence-electron chi connectivity index (χ3n) is 10.4. The molecule has 1 aliphatic carbocycles. The van der Waals surface area contributed by atoms with Gasteiger partial charge >= 0.3 is 0 Å². The number of quaternary nitrogens is 1. The van der Waals surface area contributed by atoms with E-state index in [1.165, 1.54) is 59.8 Å². The predicted molar refractivity (Wildman–Crippen MR) is 187 cm³/mol. The van der Waals surface area contributed by atoms with Gasteiger partial charge in [0.25, 0.3) is 0 Å². The van der Waals surface area contributed by atoms with Gasteiger partial charge in [-0.15, -0.1) is 0 Å². The zero-order valence-electron chi connectivity index (χ0n) is 30.0. The Morgan fingerprint density at radius 3 is 0.940 bits per heavy atom. The highest BCUT2D eigenvalue weighted by Gasteiger charge is 2.41. The predicted octanol–water partition coefficient (Wildman–Crippen LogP) is 7.43. The van der Waals surface area contributed by atoms with E-state index >= 15 is 17.6 Å². The molecule has 0 aliphatic heterocycles. The summed E-state index contributed by atoms with van der Waals surface area (Å²) in [7, 11) is 0. The van der Waals surface area contributed by atoms with Crippen molar-refractivity contribution in [3.05, 3.63) is 117 Å². The third-order valence-corrected chi connectivity index (χ3v) is 10.4. The quantitative estimate of drug-likeness (QED) is 0.151. The van der Waals surface area contributed by atoms with E-state index in [1.807, 2.05) is 4.90 Å². The van der Waals surface area contributed by atoms with Crippen LogP contribution in [0.1, 0.15) is 82.1 Å². The standard InChI is InChI=1S/C28H20BF8.C12H25N/c1-13-5-17(25(34)9-21(13)30)29(18-6-14(2)22(31)10-26(18)35,19-7-15(3)23(32)11-27(19)36)20-8-16(4)24(33)12-28(20)37;1-10(2)13(11(3)4)12-8-6-5-7-9-12/h5-12H,1-4H3;10-12H,5-9H2,1-4H3/q-1;/p+1. The van der Waals surface area contributed by atoms with E-state index in [0.717, 1.165) is 42.4 Å². The summed E-state index contributed by atoms with van der Waals surface area (Å²) in [6.07, 6.45) is 3.71. The Morgan fingerprint density at radius 1 is 0.440 bits per heavy atom. The summed E-state index contributed by atoms with van der Waals surface area (Å²) in [6.45, 7) is 14.5. The fourth-order valence-electron chi connectivity index (χ4n) is 8.10. The molecule has 5 rings (SSSR count). The van der Waals surface area contributed by atoms with E-state index in [2.05, 4.69) is 27.7 Å². The smallest absolute Gasteiger partial charge is 0.128 e. The molecule has 0 atom stereocenters. The molecule has 4 aromatic rings. The van der Waals surface area contributed by atoms with E-state index in [0.29, 0.717) is 24.3 Å². The minimum Gasteiger partial charge on any atom is -0.329 e. The van der Waals surface area contributed by atoms with Crippen LogP contribution in [0.15, 0.2) is 48.5 Å². The molecule has 0 unspecified atom stereocenters. The number of rotatable bonds is 7. The molecule has 10 heteroatoms. The molecule has 0 saturated heterocycles. The van der Waals surface area contributed by atoms with E-state index in [1.54, 1.807) is 0 Å². The Morgan fingerprint density at radius 2 is 0.700 bits per heavy atom. The maximum Gasteiger partial charge on any atom is 0.128 e. The van der Waals surface area contributed by atoms with Gasteiger partial charge in [0.05, 0.1) is 41.4 Å². The fourth-order valence-corrected chi connectivity index (χ4v) is 8.10. The highest BCUT2D eigenvalue weighted by molar-refractivity contribution is 7.20. The number of hydrogen-bond donors (Lipinski definition) is 1. The number of hydrogen-bond acceptors (Lipinski definition) is 0. The van der Waals surface area contributed by atoms with Crippen molar-refractivity contribution in [1.82, 2.24) is 0 Å². The van der Waals surface area contributed by atoms with Gasteiger partial charge in [-0.3, -0.25) is 0 Å². The second-order valence-corrected chi connectivity index (χ2v) is 14.5. The van der Waals surface area contributed by atoms with E-state index in [9.17, 15) is 17.6 Å². The fraction of sp³-hybridized carbons (Fsp3) is 0.400. The molecular formula is C40H46BF8N. The van der Waals surface area contributed by atoms with Crippen LogP contribution < -0.4 is 26.8 Å². The average Bonchev–Trinajstić information content (AvgIpc) is 3.03. The molecule has 270 valence electrons. The van der Waals surface area contributed by atoms with E-state index in [-0.39, 0.29) is 22.3 Å². The highest BCUT2D eigenvalue weighted by atomic mass is 19.2. The number of nitrogens with one attached hydrogen (secondary N) is 1. The lowest BCUT2D eigenvalue weighted by atomic mass is 9.12. The summed E-state index contributed by atoms with van der Waals surface area (Å²) >= 11 is 0. The van der Waals surface area contributed by atoms with Gasteiger partial charge in [0.15, 0.2) is 0 Å². The van der Waals surface area contributed by atoms with Crippen LogP contribution in [0.2, 0.25) is 0 Å². The van der Waals surface area contributed by atoms with Gasteiger partial charge in [0, 0.05) is 24.3 Å². The molecule has 0 bridgehead atoms. The first-order chi connectivity index (χ1) is 23.4. The number of benzene rings is 4. The van der Waals surface area contributed by atoms with Crippen molar-refractivity contribution in [2.45, 2.75) is 106 Å². The van der Waals surface area contributed by atoms with Crippen LogP contribution in [-0.2, 0) is 0 Å². The molecule has 0 heterocycles. The summed E-state index contributed by atoms with van der Waals surface area (Å²) in [5, 5.41) is 0. The Hall–Kier alpha value is -3.66. The molecule has 0 radical (unpaired) electrons. The molecule has 0 amide bonds. The summed E-state index contributed by atoms with van der Waals surface area (Å²) in [5.74, 6) is -9.05. The first-order valence-corrected chi connectivity index (χ1v) is 17.3. The van der Waals surface area contributed by atoms with Gasteiger partial charge in [0.1, 0.15) is 29.4 Å². The van der Waals surface area contributed by atoms with Crippen LogP contribution in [0, 0.1) is 74.2 Å². The van der Waals surface area contributed by atoms with Crippen molar-refractivity contribution < 1.29 is 40.0 Å². The van der Waals surface area contributed by atoms with Crippen LogP contribution in [-0.4, -0.2) is 24.3 Å². The van der Waals surface area contributed by atoms with Crippen molar-refractivity contribution in [3.63, 3.8) is 0 Å². The van der Waals surface area contributed by atoms with E-state index in [4.69, 9.17) is 0 Å². The average molecular weight is 704 g/mol. The second kappa shape index (κ2) is 15.7. The molecule has 1 aliphatic rings. The Kier molecular flexibility index (Phi) is 12.3. The van der Waals surface area contributed by atoms with Crippen molar-refractivity contribution >= 4 is 28.0 Å². The van der Waals surface area contributed by atoms with Gasteiger partial charge in [-0.1, -0.05) is 30.7 Å². The van der Waals surface area contributed by atoms with Crippen molar-refractivity contribution in [2.24, 2.45) is 0 Å². The Labute approximate surface area is 290 Å². The van der Waals surface area contributed by atoms with Crippen LogP contribution in [0.5, 0.6) is 0 Å². The molecule has 0 aromatic heterocycles. The zero-order chi connectivity index (χ0) is 37.2. The second-order valence-electron chi connectivity index (χ2n) is 14.5. The Balaban J connectivity index is 0.000000363. The van der Waals surface area contributed by atoms with Crippen LogP contribution in [0.4, 0.5) is 35.1 Å². The lowest BCUT2D eigenvalue weighted by Gasteiger charge is -2.45. The monoisotopic (exact) mass is 703 g/mol. The van der Waals surface area contributed by atoms with Crippen LogP contribution in [0.25, 0.3) is 0 Å². The molecular weight excluding hydrogens is 657 g/mol. The normalized spacial score (nSPS) is 14.1. The van der Waals surface area contributed by atoms with E-state index < -0.39 is 74.5 Å². The van der Waals surface area contributed by atoms with Crippen molar-refractivity contribution in [1.29, 1.82) is 0 Å². The lowest BCUT2D eigenvalue weighted by Crippen LogP contribution is -3.21. The first kappa shape index (κ1) is 39.1. The molecule has 1 nitrogen and oxygen atoms in total. The van der Waals surface area contributed by atoms with Crippen molar-refractivity contribution in [3.8, 4) is 0 Å². The van der Waals surface area contributed by atoms with Gasteiger partial charge < -0.3 is 4.90 Å². The summed E-state index contributed by atoms with van der Waals surface area (Å²) in [5.41, 5.74) is -2.73.